The zero-order chi connectivity index (χ0) is 21.6. The predicted octanol–water partition coefficient (Wildman–Crippen LogP) is 1.71. The molecule has 1 saturated heterocycles. The summed E-state index contributed by atoms with van der Waals surface area (Å²) in [6.07, 6.45) is 1.42. The number of aliphatic hydroxyl groups is 1. The van der Waals surface area contributed by atoms with Crippen molar-refractivity contribution in [2.24, 2.45) is 0 Å². The summed E-state index contributed by atoms with van der Waals surface area (Å²) in [5.41, 5.74) is 6.36. The molecule has 154 valence electrons. The number of nitrogen functional groups attached to an aromatic ring is 1. The molecule has 1 aromatic heterocycles. The fourth-order valence-corrected chi connectivity index (χ4v) is 2.75. The first-order valence-corrected chi connectivity index (χ1v) is 8.95. The first kappa shape index (κ1) is 22.3. The van der Waals surface area contributed by atoms with Gasteiger partial charge in [0, 0.05) is 35.8 Å². The van der Waals surface area contributed by atoms with E-state index in [-0.39, 0.29) is 12.1 Å². The van der Waals surface area contributed by atoms with E-state index in [0.29, 0.717) is 59.0 Å². The van der Waals surface area contributed by atoms with Crippen LogP contribution in [0.25, 0.3) is 11.4 Å². The van der Waals surface area contributed by atoms with Gasteiger partial charge in [-0.15, -0.1) is 0 Å². The number of hydrogen-bond acceptors (Lipinski definition) is 8. The minimum absolute atomic E-state index is 0.104. The molecule has 1 atom stereocenters. The lowest BCUT2D eigenvalue weighted by Crippen LogP contribution is -2.24. The predicted molar refractivity (Wildman–Crippen MR) is 107 cm³/mol. The molecule has 0 aliphatic carbocycles. The maximum Gasteiger partial charge on any atom is 0.328 e. The molecule has 0 amide bonds. The molecule has 0 spiro atoms. The molecule has 12 heteroatoms. The average molecular weight is 442 g/mol. The van der Waals surface area contributed by atoms with Crippen LogP contribution in [-0.2, 0) is 9.59 Å². The second-order valence-corrected chi connectivity index (χ2v) is 6.68. The monoisotopic (exact) mass is 441 g/mol. The molecular formula is C17H17Cl2N5O5. The number of aliphatic carboxylic acids is 2. The summed E-state index contributed by atoms with van der Waals surface area (Å²) in [6.45, 7) is 1.15. The standard InChI is InChI=1S/C13H13Cl2N5O.C4H4O4/c14-7-1-2-10(15)9(5-7)11-17-12(16)19-13(18-11)20-4-3-8(21)6-20;5-3(6)1-2-4(7)8/h1-2,5,8,21H,3-4,6H2,(H2,16,17,18,19);1-2H,(H,5,6)(H,7,8). The van der Waals surface area contributed by atoms with E-state index < -0.39 is 11.9 Å². The number of hydrogen-bond donors (Lipinski definition) is 4. The minimum Gasteiger partial charge on any atom is -0.478 e. The molecule has 0 radical (unpaired) electrons. The SMILES string of the molecule is Nc1nc(-c2cc(Cl)ccc2Cl)nc(N2CCC(O)C2)n1.O=C(O)C=CC(=O)O. The van der Waals surface area contributed by atoms with E-state index in [1.165, 1.54) is 0 Å². The number of benzene rings is 1. The van der Waals surface area contributed by atoms with Crippen molar-refractivity contribution in [3.05, 3.63) is 40.4 Å². The van der Waals surface area contributed by atoms with E-state index in [1.54, 1.807) is 18.2 Å². The van der Waals surface area contributed by atoms with Gasteiger partial charge in [0.25, 0.3) is 0 Å². The second kappa shape index (κ2) is 10.0. The summed E-state index contributed by atoms with van der Waals surface area (Å²) in [5, 5.41) is 26.3. The quantitative estimate of drug-likeness (QED) is 0.513. The average Bonchev–Trinajstić information content (AvgIpc) is 3.08. The van der Waals surface area contributed by atoms with Crippen LogP contribution in [0.2, 0.25) is 10.0 Å². The van der Waals surface area contributed by atoms with Gasteiger partial charge >= 0.3 is 11.9 Å². The van der Waals surface area contributed by atoms with Gasteiger partial charge in [-0.05, 0) is 24.6 Å². The van der Waals surface area contributed by atoms with Crippen LogP contribution >= 0.6 is 23.2 Å². The molecule has 1 fully saturated rings. The number of carboxylic acids is 2. The Balaban J connectivity index is 0.000000321. The molecule has 1 aromatic carbocycles. The molecule has 1 aliphatic rings. The molecule has 10 nitrogen and oxygen atoms in total. The van der Waals surface area contributed by atoms with E-state index in [4.69, 9.17) is 39.1 Å². The lowest BCUT2D eigenvalue weighted by Gasteiger charge is -2.16. The highest BCUT2D eigenvalue weighted by Gasteiger charge is 2.23. The van der Waals surface area contributed by atoms with Crippen molar-refractivity contribution >= 4 is 47.0 Å². The number of aromatic nitrogens is 3. The van der Waals surface area contributed by atoms with E-state index >= 15 is 0 Å². The number of aliphatic hydroxyl groups excluding tert-OH is 1. The topological polar surface area (TPSA) is 163 Å². The van der Waals surface area contributed by atoms with Crippen molar-refractivity contribution in [1.29, 1.82) is 0 Å². The van der Waals surface area contributed by atoms with E-state index in [2.05, 4.69) is 15.0 Å². The Morgan fingerprint density at radius 1 is 1.14 bits per heavy atom. The molecule has 1 unspecified atom stereocenters. The lowest BCUT2D eigenvalue weighted by molar-refractivity contribution is -0.134. The maximum absolute atomic E-state index is 9.61. The van der Waals surface area contributed by atoms with Gasteiger partial charge < -0.3 is 26.0 Å². The van der Waals surface area contributed by atoms with Crippen LogP contribution in [-0.4, -0.2) is 61.4 Å². The van der Waals surface area contributed by atoms with E-state index in [9.17, 15) is 14.7 Å². The van der Waals surface area contributed by atoms with Crippen molar-refractivity contribution < 1.29 is 24.9 Å². The van der Waals surface area contributed by atoms with Crippen LogP contribution in [0.1, 0.15) is 6.42 Å². The third-order valence-corrected chi connectivity index (χ3v) is 4.19. The van der Waals surface area contributed by atoms with Crippen LogP contribution in [0.15, 0.2) is 30.4 Å². The van der Waals surface area contributed by atoms with Crippen molar-refractivity contribution in [3.63, 3.8) is 0 Å². The van der Waals surface area contributed by atoms with Crippen molar-refractivity contribution in [1.82, 2.24) is 15.0 Å². The van der Waals surface area contributed by atoms with Gasteiger partial charge in [0.15, 0.2) is 5.82 Å². The molecule has 2 aromatic rings. The summed E-state index contributed by atoms with van der Waals surface area (Å²) < 4.78 is 0. The largest absolute Gasteiger partial charge is 0.478 e. The Labute approximate surface area is 175 Å². The molecule has 0 bridgehead atoms. The van der Waals surface area contributed by atoms with Gasteiger partial charge in [0.1, 0.15) is 0 Å². The van der Waals surface area contributed by atoms with Crippen molar-refractivity contribution in [2.75, 3.05) is 23.7 Å². The van der Waals surface area contributed by atoms with Crippen LogP contribution in [0, 0.1) is 0 Å². The highest BCUT2D eigenvalue weighted by Crippen LogP contribution is 2.29. The Morgan fingerprint density at radius 2 is 1.79 bits per heavy atom. The highest BCUT2D eigenvalue weighted by molar-refractivity contribution is 6.35. The summed E-state index contributed by atoms with van der Waals surface area (Å²) >= 11 is 12.2. The Bertz CT molecular complexity index is 924. The molecular weight excluding hydrogens is 425 g/mol. The fraction of sp³-hybridized carbons (Fsp3) is 0.235. The van der Waals surface area contributed by atoms with Crippen LogP contribution < -0.4 is 10.6 Å². The number of carboxylic acid groups (broad SMARTS) is 2. The number of anilines is 2. The summed E-state index contributed by atoms with van der Waals surface area (Å²) in [7, 11) is 0. The summed E-state index contributed by atoms with van der Waals surface area (Å²) in [5.74, 6) is -1.61. The van der Waals surface area contributed by atoms with Gasteiger partial charge in [-0.1, -0.05) is 23.2 Å². The third-order valence-electron chi connectivity index (χ3n) is 3.62. The van der Waals surface area contributed by atoms with Crippen molar-refractivity contribution in [2.45, 2.75) is 12.5 Å². The number of halogens is 2. The van der Waals surface area contributed by atoms with Gasteiger partial charge in [-0.3, -0.25) is 0 Å². The second-order valence-electron chi connectivity index (χ2n) is 5.84. The molecule has 5 N–H and O–H groups in total. The molecule has 3 rings (SSSR count). The smallest absolute Gasteiger partial charge is 0.328 e. The zero-order valence-electron chi connectivity index (χ0n) is 14.9. The normalized spacial score (nSPS) is 15.8. The summed E-state index contributed by atoms with van der Waals surface area (Å²) in [6, 6.07) is 5.05. The number of nitrogens with zero attached hydrogens (tertiary/aromatic N) is 4. The first-order valence-electron chi connectivity index (χ1n) is 8.19. The molecule has 1 aliphatic heterocycles. The number of rotatable bonds is 4. The molecule has 29 heavy (non-hydrogen) atoms. The van der Waals surface area contributed by atoms with Crippen LogP contribution in [0.3, 0.4) is 0 Å². The van der Waals surface area contributed by atoms with Gasteiger partial charge in [0.05, 0.1) is 11.1 Å². The minimum atomic E-state index is -1.26. The number of nitrogens with two attached hydrogens (primary N) is 1. The number of β-amino-alcohol motifs (C(OH)–C–C–N with tert-alkyl or cyclic N) is 1. The van der Waals surface area contributed by atoms with Crippen LogP contribution in [0.4, 0.5) is 11.9 Å². The van der Waals surface area contributed by atoms with E-state index in [1.807, 2.05) is 4.90 Å². The first-order chi connectivity index (χ1) is 13.7. The Morgan fingerprint density at radius 3 is 2.34 bits per heavy atom. The highest BCUT2D eigenvalue weighted by atomic mass is 35.5. The lowest BCUT2D eigenvalue weighted by atomic mass is 10.2. The van der Waals surface area contributed by atoms with Gasteiger partial charge in [0.2, 0.25) is 11.9 Å². The maximum atomic E-state index is 9.61. The van der Waals surface area contributed by atoms with Crippen molar-refractivity contribution in [3.8, 4) is 11.4 Å². The Kier molecular flexibility index (Phi) is 7.71. The molecule has 0 saturated carbocycles. The van der Waals surface area contributed by atoms with Gasteiger partial charge in [-0.25, -0.2) is 9.59 Å². The molecule has 2 heterocycles. The Hall–Kier alpha value is -2.95. The van der Waals surface area contributed by atoms with Crippen LogP contribution in [0.5, 0.6) is 0 Å². The van der Waals surface area contributed by atoms with Gasteiger partial charge in [-0.2, -0.15) is 15.0 Å². The fourth-order valence-electron chi connectivity index (χ4n) is 2.38. The number of carbonyl (C=O) groups is 2. The van der Waals surface area contributed by atoms with E-state index in [0.717, 1.165) is 0 Å². The third kappa shape index (κ3) is 6.86. The zero-order valence-corrected chi connectivity index (χ0v) is 16.4. The summed E-state index contributed by atoms with van der Waals surface area (Å²) in [4.78, 5) is 33.6.